The lowest BCUT2D eigenvalue weighted by atomic mass is 10.0. The third kappa shape index (κ3) is 13.6. The van der Waals surface area contributed by atoms with Crippen molar-refractivity contribution in [3.63, 3.8) is 0 Å². The fourth-order valence-electron chi connectivity index (χ4n) is 3.04. The van der Waals surface area contributed by atoms with E-state index in [4.69, 9.17) is 9.84 Å². The quantitative estimate of drug-likeness (QED) is 0.156. The molecule has 142 valence electrons. The fourth-order valence-corrected chi connectivity index (χ4v) is 3.04. The van der Waals surface area contributed by atoms with Crippen LogP contribution in [-0.2, 0) is 9.53 Å². The van der Waals surface area contributed by atoms with Crippen LogP contribution in [0.25, 0.3) is 0 Å². The molecule has 1 N–H and O–H groups in total. The van der Waals surface area contributed by atoms with Crippen molar-refractivity contribution in [3.8, 4) is 0 Å². The first-order valence-corrected chi connectivity index (χ1v) is 10.1. The van der Waals surface area contributed by atoms with Crippen LogP contribution in [0, 0.1) is 0 Å². The smallest absolute Gasteiger partial charge is 0.328 e. The Bertz CT molecular complexity index is 423. The molecule has 0 bridgehead atoms. The highest BCUT2D eigenvalue weighted by Crippen LogP contribution is 2.31. The van der Waals surface area contributed by atoms with Crippen LogP contribution in [0.1, 0.15) is 84.0 Å². The number of allylic oxidation sites excluding steroid dienone is 5. The molecule has 1 fully saturated rings. The third-order valence-electron chi connectivity index (χ3n) is 4.60. The summed E-state index contributed by atoms with van der Waals surface area (Å²) in [6.07, 6.45) is 27.1. The number of carboxylic acid groups (broad SMARTS) is 1. The van der Waals surface area contributed by atoms with Gasteiger partial charge in [0, 0.05) is 6.08 Å². The van der Waals surface area contributed by atoms with Gasteiger partial charge in [0.05, 0.1) is 12.2 Å². The van der Waals surface area contributed by atoms with Gasteiger partial charge in [-0.3, -0.25) is 0 Å². The number of ether oxygens (including phenoxy) is 1. The molecule has 0 aromatic heterocycles. The summed E-state index contributed by atoms with van der Waals surface area (Å²) in [6.45, 7) is 2.25. The standard InChI is InChI=1S/C22H36O3/c1-2-3-14-17-20-21(25-20)18-15-12-10-8-6-4-5-7-9-11-13-16-19-22(23)24/h7,9,11,13,16,19-21H,2-6,8,10,12,14-15,17-18H2,1H3,(H,23,24). The normalized spacial score (nSPS) is 20.2. The molecule has 0 saturated carbocycles. The Kier molecular flexibility index (Phi) is 13.0. The van der Waals surface area contributed by atoms with E-state index < -0.39 is 5.97 Å². The van der Waals surface area contributed by atoms with Crippen LogP contribution in [0.2, 0.25) is 0 Å². The molecule has 1 rings (SSSR count). The molecule has 0 amide bonds. The predicted molar refractivity (Wildman–Crippen MR) is 105 cm³/mol. The Balaban J connectivity index is 1.80. The SMILES string of the molecule is CCCCCC1OC1CCCCCCCCC=CC=CC=CC(=O)O. The first-order chi connectivity index (χ1) is 12.2. The summed E-state index contributed by atoms with van der Waals surface area (Å²) in [5.41, 5.74) is 0. The maximum absolute atomic E-state index is 10.3. The molecule has 0 aromatic carbocycles. The minimum absolute atomic E-state index is 0.584. The molecule has 0 radical (unpaired) electrons. The van der Waals surface area contributed by atoms with Crippen LogP contribution in [0.4, 0.5) is 0 Å². The number of carboxylic acids is 1. The zero-order chi connectivity index (χ0) is 18.2. The van der Waals surface area contributed by atoms with E-state index >= 15 is 0 Å². The predicted octanol–water partition coefficient (Wildman–Crippen LogP) is 6.21. The van der Waals surface area contributed by atoms with Gasteiger partial charge in [0.1, 0.15) is 0 Å². The number of epoxide rings is 1. The summed E-state index contributed by atoms with van der Waals surface area (Å²) in [7, 11) is 0. The zero-order valence-corrected chi connectivity index (χ0v) is 15.9. The van der Waals surface area contributed by atoms with Crippen LogP contribution in [0.3, 0.4) is 0 Å². The molecular formula is C22H36O3. The first-order valence-electron chi connectivity index (χ1n) is 10.1. The van der Waals surface area contributed by atoms with Crippen LogP contribution in [0.5, 0.6) is 0 Å². The largest absolute Gasteiger partial charge is 0.478 e. The topological polar surface area (TPSA) is 49.8 Å². The van der Waals surface area contributed by atoms with Crippen LogP contribution >= 0.6 is 0 Å². The first kappa shape index (κ1) is 21.7. The minimum atomic E-state index is -0.912. The van der Waals surface area contributed by atoms with Crippen molar-refractivity contribution >= 4 is 5.97 Å². The lowest BCUT2D eigenvalue weighted by molar-refractivity contribution is -0.131. The van der Waals surface area contributed by atoms with Gasteiger partial charge in [-0.05, 0) is 25.7 Å². The Labute approximate surface area is 153 Å². The Morgan fingerprint density at radius 2 is 1.44 bits per heavy atom. The Hall–Kier alpha value is -1.35. The van der Waals surface area contributed by atoms with Crippen molar-refractivity contribution in [3.05, 3.63) is 36.5 Å². The van der Waals surface area contributed by atoms with Gasteiger partial charge in [-0.25, -0.2) is 4.79 Å². The molecule has 2 atom stereocenters. The van der Waals surface area contributed by atoms with Gasteiger partial charge in [0.25, 0.3) is 0 Å². The molecule has 25 heavy (non-hydrogen) atoms. The fraction of sp³-hybridized carbons (Fsp3) is 0.682. The molecule has 2 unspecified atom stereocenters. The van der Waals surface area contributed by atoms with E-state index in [9.17, 15) is 4.79 Å². The van der Waals surface area contributed by atoms with Crippen molar-refractivity contribution < 1.29 is 14.6 Å². The molecule has 0 aliphatic carbocycles. The molecule has 1 aliphatic heterocycles. The molecule has 1 saturated heterocycles. The van der Waals surface area contributed by atoms with E-state index in [1.165, 1.54) is 76.7 Å². The van der Waals surface area contributed by atoms with E-state index in [-0.39, 0.29) is 0 Å². The van der Waals surface area contributed by atoms with Gasteiger partial charge in [-0.2, -0.15) is 0 Å². The Morgan fingerprint density at radius 1 is 0.840 bits per heavy atom. The summed E-state index contributed by atoms with van der Waals surface area (Å²) in [4.78, 5) is 10.3. The lowest BCUT2D eigenvalue weighted by Crippen LogP contribution is -1.94. The van der Waals surface area contributed by atoms with Gasteiger partial charge in [-0.1, -0.05) is 88.7 Å². The second-order valence-corrected chi connectivity index (χ2v) is 6.92. The number of hydrogen-bond donors (Lipinski definition) is 1. The number of aliphatic carboxylic acids is 1. The highest BCUT2D eigenvalue weighted by atomic mass is 16.6. The molecular weight excluding hydrogens is 312 g/mol. The molecule has 3 nitrogen and oxygen atoms in total. The average molecular weight is 349 g/mol. The van der Waals surface area contributed by atoms with Gasteiger partial charge >= 0.3 is 5.97 Å². The Morgan fingerprint density at radius 3 is 2.12 bits per heavy atom. The maximum atomic E-state index is 10.3. The minimum Gasteiger partial charge on any atom is -0.478 e. The summed E-state index contributed by atoms with van der Waals surface area (Å²) in [6, 6.07) is 0. The van der Waals surface area contributed by atoms with Crippen LogP contribution in [-0.4, -0.2) is 23.3 Å². The monoisotopic (exact) mass is 348 g/mol. The van der Waals surface area contributed by atoms with Crippen molar-refractivity contribution in [1.82, 2.24) is 0 Å². The number of carbonyl (C=O) groups is 1. The van der Waals surface area contributed by atoms with Crippen LogP contribution in [0.15, 0.2) is 36.5 Å². The molecule has 3 heteroatoms. The third-order valence-corrected chi connectivity index (χ3v) is 4.60. The summed E-state index contributed by atoms with van der Waals surface area (Å²) in [5, 5.41) is 8.43. The number of rotatable bonds is 16. The van der Waals surface area contributed by atoms with Crippen molar-refractivity contribution in [2.45, 2.75) is 96.2 Å². The maximum Gasteiger partial charge on any atom is 0.328 e. The summed E-state index contributed by atoms with van der Waals surface area (Å²) >= 11 is 0. The van der Waals surface area contributed by atoms with E-state index in [0.29, 0.717) is 12.2 Å². The highest BCUT2D eigenvalue weighted by Gasteiger charge is 2.36. The summed E-state index contributed by atoms with van der Waals surface area (Å²) < 4.78 is 5.74. The lowest BCUT2D eigenvalue weighted by Gasteiger charge is -2.00. The van der Waals surface area contributed by atoms with Crippen LogP contribution < -0.4 is 0 Å². The van der Waals surface area contributed by atoms with Crippen molar-refractivity contribution in [2.75, 3.05) is 0 Å². The van der Waals surface area contributed by atoms with E-state index in [0.717, 1.165) is 12.5 Å². The summed E-state index contributed by atoms with van der Waals surface area (Å²) in [5.74, 6) is -0.912. The van der Waals surface area contributed by atoms with Gasteiger partial charge in [-0.15, -0.1) is 0 Å². The van der Waals surface area contributed by atoms with Gasteiger partial charge in [0.2, 0.25) is 0 Å². The average Bonchev–Trinajstić information content (AvgIpc) is 3.33. The van der Waals surface area contributed by atoms with Gasteiger partial charge < -0.3 is 9.84 Å². The van der Waals surface area contributed by atoms with Crippen molar-refractivity contribution in [2.24, 2.45) is 0 Å². The molecule has 1 aliphatic rings. The van der Waals surface area contributed by atoms with E-state index in [2.05, 4.69) is 13.0 Å². The number of unbranched alkanes of at least 4 members (excludes halogenated alkanes) is 8. The number of hydrogen-bond acceptors (Lipinski definition) is 2. The van der Waals surface area contributed by atoms with E-state index in [1.807, 2.05) is 12.2 Å². The zero-order valence-electron chi connectivity index (χ0n) is 15.9. The molecule has 1 heterocycles. The van der Waals surface area contributed by atoms with Crippen molar-refractivity contribution in [1.29, 1.82) is 0 Å². The second kappa shape index (κ2) is 14.9. The second-order valence-electron chi connectivity index (χ2n) is 6.92. The van der Waals surface area contributed by atoms with E-state index in [1.54, 1.807) is 6.08 Å². The molecule has 0 aromatic rings. The highest BCUT2D eigenvalue weighted by molar-refractivity contribution is 5.80. The van der Waals surface area contributed by atoms with Gasteiger partial charge in [0.15, 0.2) is 0 Å². The molecule has 0 spiro atoms.